The van der Waals surface area contributed by atoms with Gasteiger partial charge in [-0.2, -0.15) is 0 Å². The van der Waals surface area contributed by atoms with E-state index in [0.717, 1.165) is 16.0 Å². The molecule has 4 rings (SSSR count). The smallest absolute Gasteiger partial charge is 0.341 e. The lowest BCUT2D eigenvalue weighted by Crippen LogP contribution is -2.21. The number of thiophene rings is 1. The Kier molecular flexibility index (Phi) is 7.66. The summed E-state index contributed by atoms with van der Waals surface area (Å²) >= 11 is 6.94. The lowest BCUT2D eigenvalue weighted by Gasteiger charge is -2.08. The second-order valence-corrected chi connectivity index (χ2v) is 9.22. The van der Waals surface area contributed by atoms with Crippen molar-refractivity contribution in [3.63, 3.8) is 0 Å². The number of nitrogens with zero attached hydrogens (tertiary/aromatic N) is 3. The van der Waals surface area contributed by atoms with Gasteiger partial charge in [-0.3, -0.25) is 5.32 Å². The van der Waals surface area contributed by atoms with E-state index < -0.39 is 0 Å². The van der Waals surface area contributed by atoms with Crippen molar-refractivity contribution in [3.8, 4) is 0 Å². The van der Waals surface area contributed by atoms with Crippen LogP contribution >= 0.6 is 23.6 Å². The molecule has 2 aromatic carbocycles. The fourth-order valence-corrected chi connectivity index (χ4v) is 4.78. The third-order valence-corrected chi connectivity index (χ3v) is 6.17. The van der Waals surface area contributed by atoms with Gasteiger partial charge in [0.2, 0.25) is 5.95 Å². The molecule has 2 aromatic heterocycles. The van der Waals surface area contributed by atoms with Gasteiger partial charge in [0.15, 0.2) is 5.11 Å². The summed E-state index contributed by atoms with van der Waals surface area (Å²) in [5, 5.41) is 11.5. The SMILES string of the molecule is CCOC(=O)c1cc(Cc2ccccc2)sc1NC(=S)Nc1ncn(Cc2cccc(C)c2)n1. The first-order valence-corrected chi connectivity index (χ1v) is 12.1. The van der Waals surface area contributed by atoms with Gasteiger partial charge in [-0.15, -0.1) is 16.4 Å². The Morgan fingerprint density at radius 2 is 1.88 bits per heavy atom. The lowest BCUT2D eigenvalue weighted by atomic mass is 10.1. The number of hydrogen-bond acceptors (Lipinski definition) is 6. The van der Waals surface area contributed by atoms with Crippen LogP contribution in [0.3, 0.4) is 0 Å². The zero-order valence-electron chi connectivity index (χ0n) is 18.9. The number of carbonyl (C=O) groups is 1. The van der Waals surface area contributed by atoms with Crippen LogP contribution in [0.25, 0.3) is 0 Å². The Morgan fingerprint density at radius 3 is 2.65 bits per heavy atom. The summed E-state index contributed by atoms with van der Waals surface area (Å²) in [6.07, 6.45) is 2.37. The third-order valence-electron chi connectivity index (χ3n) is 4.92. The Labute approximate surface area is 207 Å². The predicted molar refractivity (Wildman–Crippen MR) is 140 cm³/mol. The Bertz CT molecular complexity index is 1280. The van der Waals surface area contributed by atoms with Crippen molar-refractivity contribution in [1.29, 1.82) is 0 Å². The van der Waals surface area contributed by atoms with Gasteiger partial charge in [0.25, 0.3) is 0 Å². The number of ether oxygens (including phenoxy) is 1. The molecule has 0 amide bonds. The highest BCUT2D eigenvalue weighted by molar-refractivity contribution is 7.80. The number of rotatable bonds is 8. The lowest BCUT2D eigenvalue weighted by molar-refractivity contribution is 0.0528. The molecule has 0 unspecified atom stereocenters. The van der Waals surface area contributed by atoms with E-state index >= 15 is 0 Å². The van der Waals surface area contributed by atoms with E-state index in [-0.39, 0.29) is 5.97 Å². The average Bonchev–Trinajstić information content (AvgIpc) is 3.41. The number of anilines is 2. The predicted octanol–water partition coefficient (Wildman–Crippen LogP) is 5.27. The first-order valence-electron chi connectivity index (χ1n) is 10.9. The summed E-state index contributed by atoms with van der Waals surface area (Å²) in [5.41, 5.74) is 3.96. The molecular weight excluding hydrogens is 466 g/mol. The number of thiocarbonyl (C=S) groups is 1. The fraction of sp³-hybridized carbons (Fsp3) is 0.200. The van der Waals surface area contributed by atoms with Crippen molar-refractivity contribution in [2.24, 2.45) is 0 Å². The minimum Gasteiger partial charge on any atom is -0.462 e. The quantitative estimate of drug-likeness (QED) is 0.257. The minimum atomic E-state index is -0.385. The molecule has 0 saturated carbocycles. The van der Waals surface area contributed by atoms with Crippen LogP contribution in [0.4, 0.5) is 10.9 Å². The first-order chi connectivity index (χ1) is 16.5. The molecule has 0 saturated heterocycles. The first kappa shape index (κ1) is 23.6. The van der Waals surface area contributed by atoms with Crippen LogP contribution in [0.1, 0.15) is 38.8 Å². The van der Waals surface area contributed by atoms with Gasteiger partial charge in [0.1, 0.15) is 11.3 Å². The Hall–Kier alpha value is -3.56. The van der Waals surface area contributed by atoms with Crippen molar-refractivity contribution < 1.29 is 9.53 Å². The van der Waals surface area contributed by atoms with Crippen LogP contribution in [-0.2, 0) is 17.7 Å². The van der Waals surface area contributed by atoms with Crippen molar-refractivity contribution in [2.45, 2.75) is 26.8 Å². The second-order valence-electron chi connectivity index (χ2n) is 7.67. The molecule has 0 radical (unpaired) electrons. The summed E-state index contributed by atoms with van der Waals surface area (Å²) in [5.74, 6) is -0.00665. The van der Waals surface area contributed by atoms with Crippen LogP contribution in [0, 0.1) is 6.92 Å². The molecular formula is C25H25N5O2S2. The summed E-state index contributed by atoms with van der Waals surface area (Å²) in [4.78, 5) is 17.8. The molecule has 2 N–H and O–H groups in total. The zero-order chi connectivity index (χ0) is 23.9. The summed E-state index contributed by atoms with van der Waals surface area (Å²) in [7, 11) is 0. The molecule has 9 heteroatoms. The summed E-state index contributed by atoms with van der Waals surface area (Å²) in [6, 6.07) is 20.2. The molecule has 174 valence electrons. The van der Waals surface area contributed by atoms with E-state index in [1.54, 1.807) is 17.9 Å². The van der Waals surface area contributed by atoms with Crippen LogP contribution in [0.15, 0.2) is 67.0 Å². The van der Waals surface area contributed by atoms with E-state index in [0.29, 0.717) is 41.2 Å². The molecule has 0 spiro atoms. The molecule has 0 aliphatic rings. The molecule has 0 atom stereocenters. The normalized spacial score (nSPS) is 10.6. The largest absolute Gasteiger partial charge is 0.462 e. The molecule has 0 aliphatic heterocycles. The van der Waals surface area contributed by atoms with Gasteiger partial charge in [0, 0.05) is 11.3 Å². The number of hydrogen-bond donors (Lipinski definition) is 2. The number of aryl methyl sites for hydroxylation is 1. The second kappa shape index (κ2) is 11.0. The number of carbonyl (C=O) groups excluding carboxylic acids is 1. The zero-order valence-corrected chi connectivity index (χ0v) is 20.6. The van der Waals surface area contributed by atoms with Gasteiger partial charge < -0.3 is 10.1 Å². The van der Waals surface area contributed by atoms with Crippen molar-refractivity contribution in [1.82, 2.24) is 14.8 Å². The van der Waals surface area contributed by atoms with E-state index in [1.807, 2.05) is 30.3 Å². The van der Waals surface area contributed by atoms with Crippen LogP contribution in [0.5, 0.6) is 0 Å². The van der Waals surface area contributed by atoms with Crippen LogP contribution in [0.2, 0.25) is 0 Å². The average molecular weight is 492 g/mol. The van der Waals surface area contributed by atoms with E-state index in [4.69, 9.17) is 17.0 Å². The van der Waals surface area contributed by atoms with Crippen LogP contribution < -0.4 is 10.6 Å². The van der Waals surface area contributed by atoms with Gasteiger partial charge in [0.05, 0.1) is 18.7 Å². The number of nitrogens with one attached hydrogen (secondary N) is 2. The maximum Gasteiger partial charge on any atom is 0.341 e. The molecule has 34 heavy (non-hydrogen) atoms. The van der Waals surface area contributed by atoms with Gasteiger partial charge in [-0.05, 0) is 43.3 Å². The standard InChI is InChI=1S/C25H25N5O2S2/c1-3-32-23(31)21-14-20(13-18-9-5-4-6-10-18)34-22(21)27-25(33)28-24-26-16-30(29-24)15-19-11-7-8-17(2)12-19/h4-12,14,16H,3,13,15H2,1-2H3,(H2,27,28,29,33). The molecule has 0 aliphatic carbocycles. The third kappa shape index (κ3) is 6.27. The van der Waals surface area contributed by atoms with Crippen LogP contribution in [-0.4, -0.2) is 32.5 Å². The maximum absolute atomic E-state index is 12.5. The molecule has 0 bridgehead atoms. The summed E-state index contributed by atoms with van der Waals surface area (Å²) in [6.45, 7) is 4.75. The van der Waals surface area contributed by atoms with Crippen molar-refractivity contribution in [3.05, 3.63) is 94.1 Å². The minimum absolute atomic E-state index is 0.298. The topological polar surface area (TPSA) is 81.1 Å². The molecule has 2 heterocycles. The van der Waals surface area contributed by atoms with Gasteiger partial charge >= 0.3 is 5.97 Å². The Balaban J connectivity index is 1.44. The highest BCUT2D eigenvalue weighted by atomic mass is 32.1. The highest BCUT2D eigenvalue weighted by Crippen LogP contribution is 2.31. The van der Waals surface area contributed by atoms with E-state index in [2.05, 4.69) is 58.0 Å². The summed E-state index contributed by atoms with van der Waals surface area (Å²) < 4.78 is 6.98. The maximum atomic E-state index is 12.5. The number of esters is 1. The molecule has 0 fully saturated rings. The number of benzene rings is 2. The van der Waals surface area contributed by atoms with E-state index in [9.17, 15) is 4.79 Å². The van der Waals surface area contributed by atoms with Gasteiger partial charge in [-0.25, -0.2) is 14.5 Å². The van der Waals surface area contributed by atoms with Crippen molar-refractivity contribution >= 4 is 45.6 Å². The number of aromatic nitrogens is 3. The molecule has 4 aromatic rings. The van der Waals surface area contributed by atoms with E-state index in [1.165, 1.54) is 16.9 Å². The van der Waals surface area contributed by atoms with Crippen molar-refractivity contribution in [2.75, 3.05) is 17.2 Å². The highest BCUT2D eigenvalue weighted by Gasteiger charge is 2.19. The monoisotopic (exact) mass is 491 g/mol. The fourth-order valence-electron chi connectivity index (χ4n) is 3.44. The van der Waals surface area contributed by atoms with Gasteiger partial charge in [-0.1, -0.05) is 60.2 Å². The Morgan fingerprint density at radius 1 is 1.09 bits per heavy atom. The molecule has 7 nitrogen and oxygen atoms in total.